The third-order valence-corrected chi connectivity index (χ3v) is 1.75. The van der Waals surface area contributed by atoms with E-state index in [2.05, 4.69) is 16.8 Å². The molecule has 0 fully saturated rings. The summed E-state index contributed by atoms with van der Waals surface area (Å²) < 4.78 is 0. The lowest BCUT2D eigenvalue weighted by Gasteiger charge is -1.72. The average molecular weight is 122 g/mol. The van der Waals surface area contributed by atoms with Gasteiger partial charge in [-0.05, 0) is 11.4 Å². The lowest BCUT2D eigenvalue weighted by Crippen LogP contribution is -1.59. The molecule has 0 N–H and O–H groups in total. The summed E-state index contributed by atoms with van der Waals surface area (Å²) in [5, 5.41) is 10.3. The molecule has 1 aliphatic heterocycles. The molecule has 0 amide bonds. The SMILES string of the molecule is [C]1N=Nc2sccc21. The van der Waals surface area contributed by atoms with Crippen LogP contribution in [0.2, 0.25) is 0 Å². The summed E-state index contributed by atoms with van der Waals surface area (Å²) >= 11 is 1.59. The van der Waals surface area contributed by atoms with E-state index in [-0.39, 0.29) is 0 Å². The van der Waals surface area contributed by atoms with Crippen LogP contribution >= 0.6 is 11.3 Å². The van der Waals surface area contributed by atoms with Gasteiger partial charge in [0.15, 0.2) is 6.54 Å². The standard InChI is InChI=1S/C5H2N2S/c1-2-8-5-4(1)3-6-7-5/h1-2H. The third kappa shape index (κ3) is 0.419. The van der Waals surface area contributed by atoms with Crippen molar-refractivity contribution in [2.45, 2.75) is 0 Å². The average Bonchev–Trinajstić information content (AvgIpc) is 2.15. The molecule has 8 heavy (non-hydrogen) atoms. The molecule has 1 aromatic heterocycles. The third-order valence-electron chi connectivity index (χ3n) is 0.956. The van der Waals surface area contributed by atoms with Gasteiger partial charge in [-0.2, -0.15) is 5.11 Å². The van der Waals surface area contributed by atoms with Crippen LogP contribution in [0, 0.1) is 6.54 Å². The second-order valence-electron chi connectivity index (χ2n) is 1.45. The minimum Gasteiger partial charge on any atom is -0.170 e. The molecule has 0 aliphatic carbocycles. The van der Waals surface area contributed by atoms with Crippen LogP contribution in [0.15, 0.2) is 21.7 Å². The molecule has 0 spiro atoms. The highest BCUT2D eigenvalue weighted by Crippen LogP contribution is 2.32. The summed E-state index contributed by atoms with van der Waals surface area (Å²) in [4.78, 5) is 0. The molecule has 2 radical (unpaired) electrons. The predicted molar refractivity (Wildman–Crippen MR) is 31.2 cm³/mol. The molecule has 2 nitrogen and oxygen atoms in total. The van der Waals surface area contributed by atoms with Gasteiger partial charge in [0.05, 0.1) is 0 Å². The minimum atomic E-state index is 0.977. The van der Waals surface area contributed by atoms with E-state index in [4.69, 9.17) is 0 Å². The van der Waals surface area contributed by atoms with E-state index in [0.29, 0.717) is 0 Å². The van der Waals surface area contributed by atoms with Crippen molar-refractivity contribution in [1.82, 2.24) is 0 Å². The zero-order valence-electron chi connectivity index (χ0n) is 3.96. The van der Waals surface area contributed by atoms with Crippen LogP contribution in [0.4, 0.5) is 5.00 Å². The topological polar surface area (TPSA) is 24.7 Å². The van der Waals surface area contributed by atoms with Crippen molar-refractivity contribution < 1.29 is 0 Å². The van der Waals surface area contributed by atoms with E-state index in [9.17, 15) is 0 Å². The smallest absolute Gasteiger partial charge is 0.170 e. The van der Waals surface area contributed by atoms with Gasteiger partial charge in [0.25, 0.3) is 0 Å². The maximum Gasteiger partial charge on any atom is 0.178 e. The number of hydrogen-bond acceptors (Lipinski definition) is 3. The zero-order chi connectivity index (χ0) is 5.40. The molecule has 1 aromatic rings. The Hall–Kier alpha value is -0.700. The van der Waals surface area contributed by atoms with Crippen LogP contribution in [0.5, 0.6) is 0 Å². The Kier molecular flexibility index (Phi) is 0.729. The highest BCUT2D eigenvalue weighted by molar-refractivity contribution is 7.14. The van der Waals surface area contributed by atoms with E-state index in [1.165, 1.54) is 0 Å². The van der Waals surface area contributed by atoms with Crippen molar-refractivity contribution in [2.24, 2.45) is 10.2 Å². The van der Waals surface area contributed by atoms with E-state index < -0.39 is 0 Å². The van der Waals surface area contributed by atoms with E-state index in [0.717, 1.165) is 10.6 Å². The second-order valence-corrected chi connectivity index (χ2v) is 2.35. The Morgan fingerprint density at radius 2 is 2.62 bits per heavy atom. The van der Waals surface area contributed by atoms with Crippen LogP contribution in [0.3, 0.4) is 0 Å². The Morgan fingerprint density at radius 1 is 1.62 bits per heavy atom. The Labute approximate surface area is 50.9 Å². The molecule has 2 heterocycles. The minimum absolute atomic E-state index is 0.977. The van der Waals surface area contributed by atoms with Gasteiger partial charge in [0, 0.05) is 5.56 Å². The fraction of sp³-hybridized carbons (Fsp3) is 0. The molecule has 0 aromatic carbocycles. The molecule has 1 aliphatic rings. The summed E-state index contributed by atoms with van der Waals surface area (Å²) in [6, 6.07) is 1.96. The van der Waals surface area contributed by atoms with Crippen LogP contribution in [-0.4, -0.2) is 0 Å². The molecule has 0 bridgehead atoms. The largest absolute Gasteiger partial charge is 0.178 e. The lowest BCUT2D eigenvalue weighted by atomic mass is 10.3. The van der Waals surface area contributed by atoms with Crippen molar-refractivity contribution in [2.75, 3.05) is 0 Å². The first-order valence-corrected chi connectivity index (χ1v) is 3.09. The summed E-state index contributed by atoms with van der Waals surface area (Å²) in [5.74, 6) is 0. The van der Waals surface area contributed by atoms with Crippen LogP contribution < -0.4 is 0 Å². The second kappa shape index (κ2) is 1.39. The van der Waals surface area contributed by atoms with E-state index in [1.54, 1.807) is 11.3 Å². The number of thiophene rings is 1. The first kappa shape index (κ1) is 4.21. The monoisotopic (exact) mass is 122 g/mol. The Morgan fingerprint density at radius 3 is 3.50 bits per heavy atom. The molecule has 3 heteroatoms. The molecular formula is C5H2N2S. The summed E-state index contributed by atoms with van der Waals surface area (Å²) in [6.07, 6.45) is 0. The van der Waals surface area contributed by atoms with Gasteiger partial charge in [-0.3, -0.25) is 0 Å². The van der Waals surface area contributed by atoms with Gasteiger partial charge in [0.1, 0.15) is 5.00 Å². The first-order chi connectivity index (χ1) is 3.97. The predicted octanol–water partition coefficient (Wildman–Crippen LogP) is 2.23. The maximum atomic E-state index is 3.79. The van der Waals surface area contributed by atoms with Gasteiger partial charge < -0.3 is 0 Å². The molecule has 0 saturated carbocycles. The van der Waals surface area contributed by atoms with Crippen molar-refractivity contribution in [3.63, 3.8) is 0 Å². The van der Waals surface area contributed by atoms with Gasteiger partial charge >= 0.3 is 0 Å². The maximum absolute atomic E-state index is 3.79. The Bertz CT molecular complexity index is 226. The van der Waals surface area contributed by atoms with Crippen molar-refractivity contribution in [3.05, 3.63) is 23.6 Å². The highest BCUT2D eigenvalue weighted by atomic mass is 32.1. The number of rotatable bonds is 0. The molecule has 38 valence electrons. The van der Waals surface area contributed by atoms with Gasteiger partial charge in [0.2, 0.25) is 0 Å². The van der Waals surface area contributed by atoms with Crippen LogP contribution in [0.25, 0.3) is 0 Å². The summed E-state index contributed by atoms with van der Waals surface area (Å²) in [5.41, 5.74) is 1.02. The summed E-state index contributed by atoms with van der Waals surface area (Å²) in [7, 11) is 0. The van der Waals surface area contributed by atoms with Crippen molar-refractivity contribution >= 4 is 16.3 Å². The first-order valence-electron chi connectivity index (χ1n) is 2.21. The molecule has 2 rings (SSSR count). The number of fused-ring (bicyclic) bond motifs is 1. The van der Waals surface area contributed by atoms with Gasteiger partial charge in [-0.15, -0.1) is 16.5 Å². The zero-order valence-corrected chi connectivity index (χ0v) is 4.77. The van der Waals surface area contributed by atoms with Gasteiger partial charge in [-0.25, -0.2) is 0 Å². The molecule has 0 atom stereocenters. The van der Waals surface area contributed by atoms with Crippen LogP contribution in [0.1, 0.15) is 5.56 Å². The quantitative estimate of drug-likeness (QED) is 0.504. The van der Waals surface area contributed by atoms with Crippen LogP contribution in [-0.2, 0) is 0 Å². The highest BCUT2D eigenvalue weighted by Gasteiger charge is 2.08. The number of hydrogen-bond donors (Lipinski definition) is 0. The molecular weight excluding hydrogens is 120 g/mol. The van der Waals surface area contributed by atoms with E-state index >= 15 is 0 Å². The van der Waals surface area contributed by atoms with Crippen molar-refractivity contribution in [3.8, 4) is 0 Å². The fourth-order valence-corrected chi connectivity index (χ4v) is 1.25. The van der Waals surface area contributed by atoms with E-state index in [1.807, 2.05) is 11.4 Å². The molecule has 0 saturated heterocycles. The number of nitrogens with zero attached hydrogens (tertiary/aromatic N) is 2. The van der Waals surface area contributed by atoms with Crippen molar-refractivity contribution in [1.29, 1.82) is 0 Å². The lowest BCUT2D eigenvalue weighted by molar-refractivity contribution is 1.25. The summed E-state index contributed by atoms with van der Waals surface area (Å²) in [6.45, 7) is 2.75. The number of azo groups is 1. The Balaban J connectivity index is 2.67. The molecule has 0 unspecified atom stereocenters. The fourth-order valence-electron chi connectivity index (χ4n) is 0.588. The van der Waals surface area contributed by atoms with Gasteiger partial charge in [-0.1, -0.05) is 0 Å². The normalized spacial score (nSPS) is 14.5.